The van der Waals surface area contributed by atoms with Gasteiger partial charge in [-0.25, -0.2) is 0 Å². The Labute approximate surface area is 325 Å². The third-order valence-corrected chi connectivity index (χ3v) is 10.9. The van der Waals surface area contributed by atoms with Gasteiger partial charge in [-0.15, -0.1) is 0 Å². The van der Waals surface area contributed by atoms with E-state index in [4.69, 9.17) is 9.47 Å². The zero-order chi connectivity index (χ0) is 38.8. The molecule has 53 heavy (non-hydrogen) atoms. The monoisotopic (exact) mass is 756 g/mol. The highest BCUT2D eigenvalue weighted by Crippen LogP contribution is 2.23. The molecule has 0 bridgehead atoms. The van der Waals surface area contributed by atoms with Crippen LogP contribution in [0.25, 0.3) is 0 Å². The molecule has 0 radical (unpaired) electrons. The van der Waals surface area contributed by atoms with Gasteiger partial charge in [0.2, 0.25) is 5.91 Å². The molecule has 1 fully saturated rings. The van der Waals surface area contributed by atoms with Crippen LogP contribution in [0.15, 0.2) is 12.2 Å². The Balaban J connectivity index is 2.04. The number of rotatable bonds is 37. The van der Waals surface area contributed by atoms with Gasteiger partial charge in [-0.3, -0.25) is 4.79 Å². The Kier molecular flexibility index (Phi) is 33.3. The fourth-order valence-electron chi connectivity index (χ4n) is 7.19. The van der Waals surface area contributed by atoms with Gasteiger partial charge in [0, 0.05) is 6.42 Å². The molecular formula is C44H85NO8. The summed E-state index contributed by atoms with van der Waals surface area (Å²) in [7, 11) is 0. The van der Waals surface area contributed by atoms with E-state index in [2.05, 4.69) is 12.2 Å². The van der Waals surface area contributed by atoms with Gasteiger partial charge in [-0.05, 0) is 19.3 Å². The first-order valence-electron chi connectivity index (χ1n) is 22.4. The summed E-state index contributed by atoms with van der Waals surface area (Å²) in [4.78, 5) is 12.4. The van der Waals surface area contributed by atoms with Crippen molar-refractivity contribution in [3.63, 3.8) is 0 Å². The summed E-state index contributed by atoms with van der Waals surface area (Å²) in [6.07, 6.45) is 34.1. The van der Waals surface area contributed by atoms with Crippen molar-refractivity contribution in [2.24, 2.45) is 0 Å². The predicted molar refractivity (Wildman–Crippen MR) is 217 cm³/mol. The summed E-state index contributed by atoms with van der Waals surface area (Å²) in [5, 5.41) is 53.4. The molecule has 1 aliphatic heterocycles. The molecule has 7 unspecified atom stereocenters. The predicted octanol–water partition coefficient (Wildman–Crippen LogP) is 8.95. The number of carbonyl (C=O) groups is 1. The van der Waals surface area contributed by atoms with E-state index in [1.165, 1.54) is 154 Å². The van der Waals surface area contributed by atoms with Crippen LogP contribution in [0.4, 0.5) is 0 Å². The Hall–Kier alpha value is -1.07. The van der Waals surface area contributed by atoms with Crippen molar-refractivity contribution in [3.05, 3.63) is 12.2 Å². The largest absolute Gasteiger partial charge is 0.394 e. The van der Waals surface area contributed by atoms with E-state index in [9.17, 15) is 30.3 Å². The number of nitrogens with one attached hydrogen (secondary N) is 1. The molecule has 7 atom stereocenters. The Morgan fingerprint density at radius 2 is 1.04 bits per heavy atom. The maximum absolute atomic E-state index is 12.4. The summed E-state index contributed by atoms with van der Waals surface area (Å²) in [5.74, 6) is -0.211. The second kappa shape index (κ2) is 35.4. The summed E-state index contributed by atoms with van der Waals surface area (Å²) in [5.41, 5.74) is 0. The minimum atomic E-state index is -1.56. The van der Waals surface area contributed by atoms with Crippen LogP contribution in [0.1, 0.15) is 206 Å². The fraction of sp³-hybridized carbons (Fsp3) is 0.932. The highest BCUT2D eigenvalue weighted by Gasteiger charge is 2.44. The third kappa shape index (κ3) is 26.4. The zero-order valence-corrected chi connectivity index (χ0v) is 34.3. The first-order valence-corrected chi connectivity index (χ1v) is 22.4. The molecule has 9 nitrogen and oxygen atoms in total. The molecule has 0 saturated carbocycles. The number of hydrogen-bond acceptors (Lipinski definition) is 8. The van der Waals surface area contributed by atoms with Gasteiger partial charge in [-0.2, -0.15) is 0 Å². The van der Waals surface area contributed by atoms with Crippen molar-refractivity contribution in [2.75, 3.05) is 13.2 Å². The number of amides is 1. The van der Waals surface area contributed by atoms with E-state index in [1.807, 2.05) is 13.0 Å². The number of allylic oxidation sites excluding steroid dienone is 1. The van der Waals surface area contributed by atoms with Crippen LogP contribution in [0.5, 0.6) is 0 Å². The molecule has 0 aromatic heterocycles. The van der Waals surface area contributed by atoms with E-state index in [-0.39, 0.29) is 12.5 Å². The molecule has 1 heterocycles. The minimum Gasteiger partial charge on any atom is -0.394 e. The van der Waals surface area contributed by atoms with Crippen LogP contribution in [0.2, 0.25) is 0 Å². The molecule has 1 rings (SSSR count). The Morgan fingerprint density at radius 1 is 0.623 bits per heavy atom. The maximum Gasteiger partial charge on any atom is 0.220 e. The number of aliphatic hydroxyl groups excluding tert-OH is 5. The molecule has 0 aromatic rings. The summed E-state index contributed by atoms with van der Waals surface area (Å²) < 4.78 is 11.0. The van der Waals surface area contributed by atoms with Gasteiger partial charge in [0.05, 0.1) is 25.4 Å². The van der Waals surface area contributed by atoms with E-state index in [1.54, 1.807) is 6.08 Å². The summed E-state index contributed by atoms with van der Waals surface area (Å²) in [6.45, 7) is 3.53. The number of ether oxygens (including phenoxy) is 2. The quantitative estimate of drug-likeness (QED) is 0.0272. The lowest BCUT2D eigenvalue weighted by molar-refractivity contribution is -0.302. The zero-order valence-electron chi connectivity index (χ0n) is 34.3. The molecule has 9 heteroatoms. The van der Waals surface area contributed by atoms with E-state index >= 15 is 0 Å². The fourth-order valence-corrected chi connectivity index (χ4v) is 7.19. The second-order valence-corrected chi connectivity index (χ2v) is 15.9. The first-order chi connectivity index (χ1) is 25.8. The van der Waals surface area contributed by atoms with E-state index < -0.39 is 49.5 Å². The second-order valence-electron chi connectivity index (χ2n) is 15.9. The van der Waals surface area contributed by atoms with E-state index in [0.717, 1.165) is 32.1 Å². The lowest BCUT2D eigenvalue weighted by Gasteiger charge is -2.40. The third-order valence-electron chi connectivity index (χ3n) is 10.9. The number of carbonyl (C=O) groups excluding carboxylic acids is 1. The number of aliphatic hydroxyl groups is 5. The molecule has 314 valence electrons. The van der Waals surface area contributed by atoms with Gasteiger partial charge in [0.1, 0.15) is 24.4 Å². The standard InChI is InChI=1S/C44H85NO8/c1-3-5-7-8-9-10-11-12-13-14-15-16-17-18-19-20-21-22-23-24-25-26-27-28-29-30-31-32-33-38(47)37(45-40(48)34-6-4-2)36-52-44-43(51)42(50)41(49)39(35-46)53-44/h32-33,37-39,41-44,46-47,49-51H,3-31,34-36H2,1-2H3,(H,45,48)/b33-32+. The average Bonchev–Trinajstić information content (AvgIpc) is 3.16. The molecular weight excluding hydrogens is 670 g/mol. The van der Waals surface area contributed by atoms with Crippen molar-refractivity contribution in [1.29, 1.82) is 0 Å². The lowest BCUT2D eigenvalue weighted by atomic mass is 9.99. The molecule has 0 aromatic carbocycles. The van der Waals surface area contributed by atoms with Gasteiger partial charge in [-0.1, -0.05) is 193 Å². The number of unbranched alkanes of at least 4 members (excludes halogenated alkanes) is 27. The maximum atomic E-state index is 12.4. The van der Waals surface area contributed by atoms with Crippen molar-refractivity contribution < 1.29 is 39.8 Å². The van der Waals surface area contributed by atoms with Crippen molar-refractivity contribution in [1.82, 2.24) is 5.32 Å². The summed E-state index contributed by atoms with van der Waals surface area (Å²) >= 11 is 0. The average molecular weight is 756 g/mol. The van der Waals surface area contributed by atoms with Crippen LogP contribution in [0, 0.1) is 0 Å². The molecule has 0 spiro atoms. The lowest BCUT2D eigenvalue weighted by Crippen LogP contribution is -2.60. The van der Waals surface area contributed by atoms with Gasteiger partial charge in [0.25, 0.3) is 0 Å². The van der Waals surface area contributed by atoms with Gasteiger partial charge in [0.15, 0.2) is 6.29 Å². The summed E-state index contributed by atoms with van der Waals surface area (Å²) in [6, 6.07) is -0.795. The molecule has 1 aliphatic rings. The van der Waals surface area contributed by atoms with E-state index in [0.29, 0.717) is 6.42 Å². The molecule has 0 aliphatic carbocycles. The van der Waals surface area contributed by atoms with Crippen molar-refractivity contribution >= 4 is 5.91 Å². The first kappa shape index (κ1) is 49.9. The van der Waals surface area contributed by atoms with Crippen LogP contribution in [0.3, 0.4) is 0 Å². The molecule has 1 amide bonds. The van der Waals surface area contributed by atoms with Gasteiger partial charge < -0.3 is 40.3 Å². The Bertz CT molecular complexity index is 842. The number of hydrogen-bond donors (Lipinski definition) is 6. The van der Waals surface area contributed by atoms with Gasteiger partial charge >= 0.3 is 0 Å². The molecule has 1 saturated heterocycles. The van der Waals surface area contributed by atoms with Crippen LogP contribution < -0.4 is 5.32 Å². The van der Waals surface area contributed by atoms with Crippen LogP contribution in [-0.4, -0.2) is 87.5 Å². The highest BCUT2D eigenvalue weighted by molar-refractivity contribution is 5.76. The Morgan fingerprint density at radius 3 is 1.45 bits per heavy atom. The molecule has 6 N–H and O–H groups in total. The minimum absolute atomic E-state index is 0.189. The SMILES string of the molecule is CCCCCCCCCCCCCCCCCCCCCCCCCCCC/C=C/C(O)C(COC1OC(CO)C(O)C(O)C1O)NC(=O)CCCC. The van der Waals surface area contributed by atoms with Crippen LogP contribution >= 0.6 is 0 Å². The topological polar surface area (TPSA) is 149 Å². The van der Waals surface area contributed by atoms with Crippen molar-refractivity contribution in [2.45, 2.75) is 249 Å². The van der Waals surface area contributed by atoms with Crippen LogP contribution in [-0.2, 0) is 14.3 Å². The smallest absolute Gasteiger partial charge is 0.220 e. The van der Waals surface area contributed by atoms with Crippen molar-refractivity contribution in [3.8, 4) is 0 Å². The normalized spacial score (nSPS) is 21.7. The highest BCUT2D eigenvalue weighted by atomic mass is 16.7.